The van der Waals surface area contributed by atoms with Crippen molar-refractivity contribution in [1.82, 2.24) is 34.3 Å². The molecule has 184 valence electrons. The number of hydrogen-bond donors (Lipinski definition) is 2. The number of rotatable bonds is 6. The topological polar surface area (TPSA) is 112 Å². The van der Waals surface area contributed by atoms with E-state index in [2.05, 4.69) is 47.3 Å². The molecule has 5 aromatic heterocycles. The molecular weight excluding hydrogens is 462 g/mol. The summed E-state index contributed by atoms with van der Waals surface area (Å²) in [6.45, 7) is 5.44. The third kappa shape index (κ3) is 3.83. The van der Waals surface area contributed by atoms with Gasteiger partial charge in [0.2, 0.25) is 0 Å². The average Bonchev–Trinajstić information content (AvgIpc) is 3.53. The first-order chi connectivity index (χ1) is 18.0. The van der Waals surface area contributed by atoms with Gasteiger partial charge in [-0.1, -0.05) is 0 Å². The highest BCUT2D eigenvalue weighted by atomic mass is 15.3. The van der Waals surface area contributed by atoms with Gasteiger partial charge in [-0.3, -0.25) is 4.68 Å². The van der Waals surface area contributed by atoms with Crippen LogP contribution >= 0.6 is 0 Å². The van der Waals surface area contributed by atoms with Crippen molar-refractivity contribution in [2.45, 2.75) is 45.7 Å². The van der Waals surface area contributed by atoms with Gasteiger partial charge in [-0.05, 0) is 79.1 Å². The number of nitrogens with one attached hydrogen (secondary N) is 1. The number of pyridine rings is 2. The van der Waals surface area contributed by atoms with Gasteiger partial charge in [-0.15, -0.1) is 0 Å². The molecule has 3 N–H and O–H groups in total. The van der Waals surface area contributed by atoms with Gasteiger partial charge in [0.25, 0.3) is 0 Å². The minimum atomic E-state index is 0.560. The van der Waals surface area contributed by atoms with Crippen LogP contribution in [0.25, 0.3) is 27.3 Å². The largest absolute Gasteiger partial charge is 0.383 e. The van der Waals surface area contributed by atoms with Crippen LogP contribution in [-0.2, 0) is 13.1 Å². The molecule has 9 nitrogen and oxygen atoms in total. The number of nitrogen functional groups attached to an aromatic ring is 1. The van der Waals surface area contributed by atoms with Gasteiger partial charge in [0.05, 0.1) is 24.1 Å². The van der Waals surface area contributed by atoms with Crippen LogP contribution in [0.3, 0.4) is 0 Å². The Balaban J connectivity index is 1.16. The third-order valence-electron chi connectivity index (χ3n) is 7.33. The maximum atomic E-state index is 6.12. The zero-order valence-electron chi connectivity index (χ0n) is 20.8. The van der Waals surface area contributed by atoms with E-state index in [0.29, 0.717) is 24.8 Å². The van der Waals surface area contributed by atoms with Gasteiger partial charge in [0, 0.05) is 41.8 Å². The highest BCUT2D eigenvalue weighted by molar-refractivity contribution is 5.94. The Morgan fingerprint density at radius 2 is 1.86 bits per heavy atom. The number of nitrogens with two attached hydrogens (primary N) is 1. The minimum absolute atomic E-state index is 0.560. The van der Waals surface area contributed by atoms with Crippen molar-refractivity contribution in [2.75, 3.05) is 11.1 Å². The zero-order valence-corrected chi connectivity index (χ0v) is 20.8. The summed E-state index contributed by atoms with van der Waals surface area (Å²) in [7, 11) is 0. The molecule has 0 spiro atoms. The number of anilines is 2. The van der Waals surface area contributed by atoms with Crippen molar-refractivity contribution in [3.63, 3.8) is 0 Å². The molecule has 0 bridgehead atoms. The monoisotopic (exact) mass is 489 g/mol. The van der Waals surface area contributed by atoms with E-state index in [1.165, 1.54) is 29.5 Å². The summed E-state index contributed by atoms with van der Waals surface area (Å²) in [6, 6.07) is 10.3. The van der Waals surface area contributed by atoms with Gasteiger partial charge >= 0.3 is 0 Å². The van der Waals surface area contributed by atoms with Crippen LogP contribution in [-0.4, -0.2) is 34.3 Å². The Bertz CT molecular complexity index is 1810. The summed E-state index contributed by atoms with van der Waals surface area (Å²) in [4.78, 5) is 13.6. The van der Waals surface area contributed by atoms with E-state index >= 15 is 0 Å². The standard InChI is InChI=1S/C28H27N9/c1-16-11-22-21(8-10-30-27(22)29)17(2)23(16)12-32-28-26-19(7-9-31-28)13-36(35-26)14-20-15-37-25(33-20)6-5-24(34-37)18-3-4-18/h5-11,13,15,18H,3-4,12,14H2,1-2H3,(H2,29,30)(H,31,32). The fourth-order valence-electron chi connectivity index (χ4n) is 5.17. The van der Waals surface area contributed by atoms with E-state index in [1.54, 1.807) is 6.20 Å². The maximum Gasteiger partial charge on any atom is 0.154 e. The molecule has 1 fully saturated rings. The number of fused-ring (bicyclic) bond motifs is 3. The molecule has 1 saturated carbocycles. The molecule has 0 unspecified atom stereocenters. The van der Waals surface area contributed by atoms with Crippen LogP contribution < -0.4 is 11.1 Å². The van der Waals surface area contributed by atoms with E-state index in [0.717, 1.165) is 44.5 Å². The van der Waals surface area contributed by atoms with Crippen molar-refractivity contribution in [1.29, 1.82) is 0 Å². The number of hydrogen-bond acceptors (Lipinski definition) is 7. The number of imidazole rings is 1. The highest BCUT2D eigenvalue weighted by Crippen LogP contribution is 2.38. The smallest absolute Gasteiger partial charge is 0.154 e. The second-order valence-electron chi connectivity index (χ2n) is 9.93. The fraction of sp³-hybridized carbons (Fsp3) is 0.250. The summed E-state index contributed by atoms with van der Waals surface area (Å²) in [5.41, 5.74) is 13.5. The van der Waals surface area contributed by atoms with E-state index in [-0.39, 0.29) is 0 Å². The lowest BCUT2D eigenvalue weighted by Gasteiger charge is -2.15. The van der Waals surface area contributed by atoms with Crippen molar-refractivity contribution in [3.8, 4) is 0 Å². The Kier molecular flexibility index (Phi) is 4.85. The Hall–Kier alpha value is -4.53. The van der Waals surface area contributed by atoms with E-state index in [1.807, 2.05) is 39.9 Å². The van der Waals surface area contributed by atoms with Crippen LogP contribution in [0.4, 0.5) is 11.6 Å². The van der Waals surface area contributed by atoms with Crippen LogP contribution in [0.2, 0.25) is 0 Å². The molecular formula is C28H27N9. The quantitative estimate of drug-likeness (QED) is 0.347. The lowest BCUT2D eigenvalue weighted by Crippen LogP contribution is -2.07. The van der Waals surface area contributed by atoms with Crippen LogP contribution in [0.5, 0.6) is 0 Å². The second kappa shape index (κ2) is 8.26. The zero-order chi connectivity index (χ0) is 25.1. The summed E-state index contributed by atoms with van der Waals surface area (Å²) in [6.07, 6.45) is 10.1. The first-order valence-electron chi connectivity index (χ1n) is 12.6. The van der Waals surface area contributed by atoms with Crippen LogP contribution in [0.15, 0.2) is 55.1 Å². The molecule has 0 atom stereocenters. The van der Waals surface area contributed by atoms with Gasteiger partial charge in [-0.25, -0.2) is 19.5 Å². The number of aromatic nitrogens is 7. The van der Waals surface area contributed by atoms with E-state index in [4.69, 9.17) is 20.9 Å². The molecule has 37 heavy (non-hydrogen) atoms. The van der Waals surface area contributed by atoms with Gasteiger partial charge in [0.15, 0.2) is 11.5 Å². The fourth-order valence-corrected chi connectivity index (χ4v) is 5.17. The van der Waals surface area contributed by atoms with Crippen molar-refractivity contribution < 1.29 is 0 Å². The molecule has 0 aliphatic heterocycles. The predicted octanol–water partition coefficient (Wildman–Crippen LogP) is 4.76. The molecule has 1 aliphatic carbocycles. The van der Waals surface area contributed by atoms with Gasteiger partial charge < -0.3 is 11.1 Å². The molecule has 1 aliphatic rings. The lowest BCUT2D eigenvalue weighted by atomic mass is 9.96. The molecule has 5 heterocycles. The molecule has 0 radical (unpaired) electrons. The van der Waals surface area contributed by atoms with E-state index < -0.39 is 0 Å². The Labute approximate surface area is 213 Å². The first kappa shape index (κ1) is 21.7. The van der Waals surface area contributed by atoms with Crippen LogP contribution in [0, 0.1) is 13.8 Å². The predicted molar refractivity (Wildman–Crippen MR) is 145 cm³/mol. The highest BCUT2D eigenvalue weighted by Gasteiger charge is 2.25. The SMILES string of the molecule is Cc1cc2c(N)nccc2c(C)c1CNc1nccc2cn(Cc3cn4nc(C5CC5)ccc4n3)nc12. The van der Waals surface area contributed by atoms with Crippen molar-refractivity contribution in [2.24, 2.45) is 0 Å². The van der Waals surface area contributed by atoms with Gasteiger partial charge in [0.1, 0.15) is 11.3 Å². The van der Waals surface area contributed by atoms with Gasteiger partial charge in [-0.2, -0.15) is 10.2 Å². The molecule has 9 heteroatoms. The van der Waals surface area contributed by atoms with Crippen molar-refractivity contribution >= 4 is 39.0 Å². The summed E-state index contributed by atoms with van der Waals surface area (Å²) >= 11 is 0. The molecule has 0 amide bonds. The lowest BCUT2D eigenvalue weighted by molar-refractivity contribution is 0.683. The second-order valence-corrected chi connectivity index (χ2v) is 9.93. The maximum absolute atomic E-state index is 6.12. The normalized spacial score (nSPS) is 13.7. The first-order valence-corrected chi connectivity index (χ1v) is 12.6. The molecule has 7 rings (SSSR count). The summed E-state index contributed by atoms with van der Waals surface area (Å²) in [5.74, 6) is 1.93. The molecule has 0 saturated heterocycles. The molecule has 6 aromatic rings. The minimum Gasteiger partial charge on any atom is -0.383 e. The number of aryl methyl sites for hydroxylation is 2. The average molecular weight is 490 g/mol. The van der Waals surface area contributed by atoms with Crippen LogP contribution in [0.1, 0.15) is 46.8 Å². The third-order valence-corrected chi connectivity index (χ3v) is 7.33. The number of benzene rings is 1. The van der Waals surface area contributed by atoms with Crippen molar-refractivity contribution in [3.05, 3.63) is 83.2 Å². The Morgan fingerprint density at radius 1 is 1.00 bits per heavy atom. The van der Waals surface area contributed by atoms with E-state index in [9.17, 15) is 0 Å². The summed E-state index contributed by atoms with van der Waals surface area (Å²) < 4.78 is 3.81. The number of nitrogens with zero attached hydrogens (tertiary/aromatic N) is 7. The summed E-state index contributed by atoms with van der Waals surface area (Å²) in [5, 5.41) is 16.3. The molecule has 1 aromatic carbocycles. The Morgan fingerprint density at radius 3 is 2.73 bits per heavy atom.